The van der Waals surface area contributed by atoms with Gasteiger partial charge < -0.3 is 10.3 Å². The predicted octanol–water partition coefficient (Wildman–Crippen LogP) is 4.60. The molecular formula is C22H20F3N3OS. The predicted molar refractivity (Wildman–Crippen MR) is 114 cm³/mol. The standard InChI is InChI=1S/C22H20F3N3OS/c23-22(24,25)16-5-3-4-14(10-16)11-20-28-19(13-30-20)21(29)26-9-8-15-12-27-18-7-2-1-6-17(15)18/h1-7,10,12,19,27H,8-9,11,13H2,(H,26,29)/t19-/m0/s1. The van der Waals surface area contributed by atoms with E-state index in [1.807, 2.05) is 30.5 Å². The molecule has 0 saturated carbocycles. The molecule has 0 aliphatic carbocycles. The van der Waals surface area contributed by atoms with Gasteiger partial charge in [-0.2, -0.15) is 13.2 Å². The van der Waals surface area contributed by atoms with Gasteiger partial charge in [0.2, 0.25) is 5.91 Å². The van der Waals surface area contributed by atoms with Crippen molar-refractivity contribution in [3.8, 4) is 0 Å². The van der Waals surface area contributed by atoms with E-state index in [-0.39, 0.29) is 5.91 Å². The van der Waals surface area contributed by atoms with E-state index in [0.29, 0.717) is 35.7 Å². The first-order chi connectivity index (χ1) is 14.4. The van der Waals surface area contributed by atoms with E-state index in [9.17, 15) is 18.0 Å². The van der Waals surface area contributed by atoms with Gasteiger partial charge >= 0.3 is 6.18 Å². The van der Waals surface area contributed by atoms with Crippen LogP contribution in [0.5, 0.6) is 0 Å². The Morgan fingerprint density at radius 2 is 2.03 bits per heavy atom. The number of aromatic nitrogens is 1. The monoisotopic (exact) mass is 431 g/mol. The van der Waals surface area contributed by atoms with Crippen LogP contribution >= 0.6 is 11.8 Å². The fourth-order valence-electron chi connectivity index (χ4n) is 3.46. The van der Waals surface area contributed by atoms with Crippen LogP contribution in [0, 0.1) is 0 Å². The number of halogens is 3. The number of nitrogens with one attached hydrogen (secondary N) is 2. The minimum Gasteiger partial charge on any atom is -0.361 e. The number of amides is 1. The summed E-state index contributed by atoms with van der Waals surface area (Å²) in [5.74, 6) is 0.356. The Bertz CT molecular complexity index is 1090. The molecule has 4 nitrogen and oxygen atoms in total. The van der Waals surface area contributed by atoms with Gasteiger partial charge in [-0.1, -0.05) is 36.4 Å². The third-order valence-corrected chi connectivity index (χ3v) is 6.05. The van der Waals surface area contributed by atoms with Gasteiger partial charge in [-0.25, -0.2) is 0 Å². The van der Waals surface area contributed by atoms with Crippen LogP contribution in [-0.4, -0.2) is 34.3 Å². The fraction of sp³-hybridized carbons (Fsp3) is 0.273. The second-order valence-electron chi connectivity index (χ2n) is 7.13. The van der Waals surface area contributed by atoms with Gasteiger partial charge in [0.1, 0.15) is 6.04 Å². The number of para-hydroxylation sites is 1. The van der Waals surface area contributed by atoms with Crippen molar-refractivity contribution in [3.05, 3.63) is 71.4 Å². The molecule has 0 spiro atoms. The number of aromatic amines is 1. The Morgan fingerprint density at radius 3 is 2.87 bits per heavy atom. The summed E-state index contributed by atoms with van der Waals surface area (Å²) < 4.78 is 38.6. The van der Waals surface area contributed by atoms with Gasteiger partial charge in [0.15, 0.2) is 0 Å². The van der Waals surface area contributed by atoms with Crippen molar-refractivity contribution in [1.29, 1.82) is 0 Å². The molecular weight excluding hydrogens is 411 g/mol. The molecule has 156 valence electrons. The normalized spacial score (nSPS) is 16.6. The molecule has 1 amide bonds. The Morgan fingerprint density at radius 1 is 1.20 bits per heavy atom. The molecule has 0 fully saturated rings. The first-order valence-corrected chi connectivity index (χ1v) is 10.6. The van der Waals surface area contributed by atoms with Crippen LogP contribution in [0.4, 0.5) is 13.2 Å². The molecule has 4 rings (SSSR count). The highest BCUT2D eigenvalue weighted by molar-refractivity contribution is 8.14. The smallest absolute Gasteiger partial charge is 0.361 e. The zero-order chi connectivity index (χ0) is 21.1. The first kappa shape index (κ1) is 20.5. The summed E-state index contributed by atoms with van der Waals surface area (Å²) in [4.78, 5) is 20.1. The molecule has 2 aromatic carbocycles. The largest absolute Gasteiger partial charge is 0.416 e. The minimum absolute atomic E-state index is 0.151. The second kappa shape index (κ2) is 8.55. The molecule has 2 N–H and O–H groups in total. The average Bonchev–Trinajstić information content (AvgIpc) is 3.35. The van der Waals surface area contributed by atoms with Gasteiger partial charge in [0.05, 0.1) is 10.6 Å². The van der Waals surface area contributed by atoms with Gasteiger partial charge in [0, 0.05) is 35.8 Å². The Labute approximate surface area is 176 Å². The lowest BCUT2D eigenvalue weighted by Gasteiger charge is -2.08. The summed E-state index contributed by atoms with van der Waals surface area (Å²) in [5, 5.41) is 4.75. The SMILES string of the molecule is O=C(NCCc1c[nH]c2ccccc12)[C@@H]1CSC(Cc2cccc(C(F)(F)F)c2)=N1. The number of rotatable bonds is 6. The lowest BCUT2D eigenvalue weighted by molar-refractivity contribution is -0.137. The number of aliphatic imine (C=N–C) groups is 1. The highest BCUT2D eigenvalue weighted by Gasteiger charge is 2.31. The molecule has 0 saturated heterocycles. The van der Waals surface area contributed by atoms with Crippen LogP contribution in [0.15, 0.2) is 59.7 Å². The van der Waals surface area contributed by atoms with E-state index in [1.165, 1.54) is 17.8 Å². The maximum absolute atomic E-state index is 12.9. The number of hydrogen-bond donors (Lipinski definition) is 2. The summed E-state index contributed by atoms with van der Waals surface area (Å²) in [5.41, 5.74) is 2.07. The Hall–Kier alpha value is -2.74. The van der Waals surface area contributed by atoms with Crippen LogP contribution in [0.3, 0.4) is 0 Å². The van der Waals surface area contributed by atoms with E-state index >= 15 is 0 Å². The van der Waals surface area contributed by atoms with Crippen molar-refractivity contribution in [2.75, 3.05) is 12.3 Å². The quantitative estimate of drug-likeness (QED) is 0.599. The zero-order valence-corrected chi connectivity index (χ0v) is 16.8. The number of benzene rings is 2. The highest BCUT2D eigenvalue weighted by atomic mass is 32.2. The van der Waals surface area contributed by atoms with Crippen molar-refractivity contribution in [2.24, 2.45) is 4.99 Å². The fourth-order valence-corrected chi connectivity index (χ4v) is 4.51. The molecule has 1 atom stereocenters. The maximum atomic E-state index is 12.9. The molecule has 0 unspecified atom stereocenters. The topological polar surface area (TPSA) is 57.2 Å². The summed E-state index contributed by atoms with van der Waals surface area (Å²) in [6, 6.07) is 12.7. The summed E-state index contributed by atoms with van der Waals surface area (Å²) in [6.07, 6.45) is -1.41. The molecule has 1 aliphatic heterocycles. The van der Waals surface area contributed by atoms with E-state index in [4.69, 9.17) is 0 Å². The lowest BCUT2D eigenvalue weighted by Crippen LogP contribution is -2.35. The molecule has 30 heavy (non-hydrogen) atoms. The van der Waals surface area contributed by atoms with Crippen molar-refractivity contribution < 1.29 is 18.0 Å². The lowest BCUT2D eigenvalue weighted by atomic mass is 10.1. The molecule has 8 heteroatoms. The van der Waals surface area contributed by atoms with Crippen LogP contribution in [0.25, 0.3) is 10.9 Å². The molecule has 1 aromatic heterocycles. The maximum Gasteiger partial charge on any atom is 0.416 e. The highest BCUT2D eigenvalue weighted by Crippen LogP contribution is 2.30. The molecule has 1 aliphatic rings. The van der Waals surface area contributed by atoms with Crippen molar-refractivity contribution in [2.45, 2.75) is 25.1 Å². The van der Waals surface area contributed by atoms with E-state index in [2.05, 4.69) is 15.3 Å². The number of carbonyl (C=O) groups excluding carboxylic acids is 1. The first-order valence-electron chi connectivity index (χ1n) is 9.58. The number of carbonyl (C=O) groups is 1. The summed E-state index contributed by atoms with van der Waals surface area (Å²) in [6.45, 7) is 0.500. The summed E-state index contributed by atoms with van der Waals surface area (Å²) in [7, 11) is 0. The second-order valence-corrected chi connectivity index (χ2v) is 8.22. The minimum atomic E-state index is -4.37. The van der Waals surface area contributed by atoms with Crippen LogP contribution in [-0.2, 0) is 23.8 Å². The van der Waals surface area contributed by atoms with E-state index < -0.39 is 17.8 Å². The molecule has 0 bridgehead atoms. The number of alkyl halides is 3. The Balaban J connectivity index is 1.31. The molecule has 0 radical (unpaired) electrons. The van der Waals surface area contributed by atoms with E-state index in [1.54, 1.807) is 6.07 Å². The number of fused-ring (bicyclic) bond motifs is 1. The number of hydrogen-bond acceptors (Lipinski definition) is 3. The van der Waals surface area contributed by atoms with Gasteiger partial charge in [-0.15, -0.1) is 11.8 Å². The van der Waals surface area contributed by atoms with Gasteiger partial charge in [-0.05, 0) is 29.7 Å². The third kappa shape index (κ3) is 4.70. The van der Waals surface area contributed by atoms with Crippen molar-refractivity contribution in [3.63, 3.8) is 0 Å². The average molecular weight is 431 g/mol. The third-order valence-electron chi connectivity index (χ3n) is 4.99. The van der Waals surface area contributed by atoms with E-state index in [0.717, 1.165) is 28.6 Å². The van der Waals surface area contributed by atoms with Crippen LogP contribution in [0.1, 0.15) is 16.7 Å². The van der Waals surface area contributed by atoms with Crippen LogP contribution in [0.2, 0.25) is 0 Å². The number of H-pyrrole nitrogens is 1. The summed E-state index contributed by atoms with van der Waals surface area (Å²) >= 11 is 1.42. The number of nitrogens with zero attached hydrogens (tertiary/aromatic N) is 1. The Kier molecular flexibility index (Phi) is 5.85. The van der Waals surface area contributed by atoms with Gasteiger partial charge in [0.25, 0.3) is 0 Å². The number of thioether (sulfide) groups is 1. The van der Waals surface area contributed by atoms with Crippen LogP contribution < -0.4 is 5.32 Å². The molecule has 3 aromatic rings. The van der Waals surface area contributed by atoms with Crippen molar-refractivity contribution >= 4 is 33.6 Å². The zero-order valence-electron chi connectivity index (χ0n) is 16.0. The van der Waals surface area contributed by atoms with Gasteiger partial charge in [-0.3, -0.25) is 9.79 Å². The van der Waals surface area contributed by atoms with Crippen molar-refractivity contribution in [1.82, 2.24) is 10.3 Å². The molecule has 2 heterocycles.